The maximum atomic E-state index is 13.4. The van der Waals surface area contributed by atoms with E-state index in [4.69, 9.17) is 4.42 Å². The summed E-state index contributed by atoms with van der Waals surface area (Å²) in [6, 6.07) is 2.48. The zero-order valence-corrected chi connectivity index (χ0v) is 14.4. The molecule has 0 saturated heterocycles. The van der Waals surface area contributed by atoms with Crippen molar-refractivity contribution < 1.29 is 28.3 Å². The standard InChI is InChI=1S/C19H18FNO5/c1-9-8-11(6-7-12(9)20)16(19(24)25)21-18(23)17-10(2)15-13(22)4-3-5-14(15)26-17/h6-8,16H,3-5H2,1-2H3,(H,21,23)(H,24,25). The molecule has 136 valence electrons. The molecule has 1 aliphatic rings. The van der Waals surface area contributed by atoms with Crippen LogP contribution in [0.15, 0.2) is 22.6 Å². The Morgan fingerprint density at radius 1 is 1.27 bits per heavy atom. The Morgan fingerprint density at radius 2 is 2.00 bits per heavy atom. The van der Waals surface area contributed by atoms with E-state index in [1.807, 2.05) is 0 Å². The summed E-state index contributed by atoms with van der Waals surface area (Å²) in [5.74, 6) is -2.13. The molecule has 0 saturated carbocycles. The molecule has 1 aliphatic carbocycles. The number of amides is 1. The van der Waals surface area contributed by atoms with Crippen LogP contribution in [0.2, 0.25) is 0 Å². The zero-order valence-electron chi connectivity index (χ0n) is 14.4. The topological polar surface area (TPSA) is 96.6 Å². The Morgan fingerprint density at radius 3 is 2.62 bits per heavy atom. The fourth-order valence-corrected chi connectivity index (χ4v) is 3.20. The van der Waals surface area contributed by atoms with E-state index < -0.39 is 23.7 Å². The molecule has 7 heteroatoms. The Bertz CT molecular complexity index is 915. The molecule has 0 aliphatic heterocycles. The van der Waals surface area contributed by atoms with E-state index in [-0.39, 0.29) is 22.7 Å². The minimum Gasteiger partial charge on any atom is -0.479 e. The second-order valence-corrected chi connectivity index (χ2v) is 6.38. The van der Waals surface area contributed by atoms with Gasteiger partial charge < -0.3 is 14.8 Å². The highest BCUT2D eigenvalue weighted by molar-refractivity contribution is 6.04. The van der Waals surface area contributed by atoms with Gasteiger partial charge in [-0.05, 0) is 37.5 Å². The molecule has 1 atom stereocenters. The molecule has 1 aromatic carbocycles. The second-order valence-electron chi connectivity index (χ2n) is 6.38. The first-order valence-corrected chi connectivity index (χ1v) is 8.24. The second kappa shape index (κ2) is 6.74. The molecule has 0 radical (unpaired) electrons. The van der Waals surface area contributed by atoms with Gasteiger partial charge in [0.25, 0.3) is 5.91 Å². The van der Waals surface area contributed by atoms with Crippen LogP contribution in [0.4, 0.5) is 4.39 Å². The van der Waals surface area contributed by atoms with Gasteiger partial charge in [0, 0.05) is 18.4 Å². The third-order valence-electron chi connectivity index (χ3n) is 4.55. The number of carbonyl (C=O) groups is 3. The quantitative estimate of drug-likeness (QED) is 0.874. The molecule has 0 fully saturated rings. The van der Waals surface area contributed by atoms with Crippen molar-refractivity contribution in [1.29, 1.82) is 0 Å². The van der Waals surface area contributed by atoms with E-state index in [1.165, 1.54) is 19.1 Å². The van der Waals surface area contributed by atoms with Crippen molar-refractivity contribution in [2.45, 2.75) is 39.2 Å². The molecule has 0 spiro atoms. The number of rotatable bonds is 4. The molecule has 26 heavy (non-hydrogen) atoms. The zero-order chi connectivity index (χ0) is 19.0. The third-order valence-corrected chi connectivity index (χ3v) is 4.55. The van der Waals surface area contributed by atoms with Gasteiger partial charge in [-0.25, -0.2) is 9.18 Å². The molecule has 6 nitrogen and oxygen atoms in total. The van der Waals surface area contributed by atoms with E-state index in [0.717, 1.165) is 6.07 Å². The predicted octanol–water partition coefficient (Wildman–Crippen LogP) is 3.11. The fraction of sp³-hybridized carbons (Fsp3) is 0.316. The number of carboxylic acid groups (broad SMARTS) is 1. The third kappa shape index (κ3) is 3.12. The summed E-state index contributed by atoms with van der Waals surface area (Å²) >= 11 is 0. The number of fused-ring (bicyclic) bond motifs is 1. The van der Waals surface area contributed by atoms with Gasteiger partial charge in [0.2, 0.25) is 0 Å². The number of halogens is 1. The summed E-state index contributed by atoms with van der Waals surface area (Å²) in [4.78, 5) is 36.2. The normalized spacial score (nSPS) is 14.7. The first kappa shape index (κ1) is 17.8. The van der Waals surface area contributed by atoms with Gasteiger partial charge in [0.05, 0.1) is 5.56 Å². The first-order valence-electron chi connectivity index (χ1n) is 8.24. The van der Waals surface area contributed by atoms with Crippen LogP contribution in [0.3, 0.4) is 0 Å². The number of benzene rings is 1. The summed E-state index contributed by atoms with van der Waals surface area (Å²) in [6.07, 6.45) is 1.63. The van der Waals surface area contributed by atoms with E-state index in [2.05, 4.69) is 5.32 Å². The summed E-state index contributed by atoms with van der Waals surface area (Å²) in [5.41, 5.74) is 1.36. The van der Waals surface area contributed by atoms with Crippen molar-refractivity contribution in [2.75, 3.05) is 0 Å². The predicted molar refractivity (Wildman–Crippen MR) is 89.7 cm³/mol. The van der Waals surface area contributed by atoms with E-state index in [1.54, 1.807) is 6.92 Å². The van der Waals surface area contributed by atoms with Crippen LogP contribution in [0.1, 0.15) is 62.2 Å². The number of furan rings is 1. The van der Waals surface area contributed by atoms with Gasteiger partial charge in [-0.15, -0.1) is 0 Å². The molecule has 3 rings (SSSR count). The van der Waals surface area contributed by atoms with Crippen LogP contribution in [0, 0.1) is 19.7 Å². The van der Waals surface area contributed by atoms with Crippen LogP contribution >= 0.6 is 0 Å². The highest BCUT2D eigenvalue weighted by atomic mass is 19.1. The molecular formula is C19H18FNO5. The number of aryl methyl sites for hydroxylation is 2. The maximum absolute atomic E-state index is 13.4. The van der Waals surface area contributed by atoms with Crippen LogP contribution in [0.5, 0.6) is 0 Å². The molecule has 0 bridgehead atoms. The lowest BCUT2D eigenvalue weighted by Gasteiger charge is -2.15. The van der Waals surface area contributed by atoms with Gasteiger partial charge in [-0.2, -0.15) is 0 Å². The molecule has 2 aromatic rings. The summed E-state index contributed by atoms with van der Waals surface area (Å²) in [5, 5.41) is 11.9. The minimum absolute atomic E-state index is 0.0599. The number of aliphatic carboxylic acids is 1. The number of Topliss-reactive ketones (excluding diaryl/α,β-unsaturated/α-hetero) is 1. The van der Waals surface area contributed by atoms with Gasteiger partial charge in [0.15, 0.2) is 17.6 Å². The highest BCUT2D eigenvalue weighted by Crippen LogP contribution is 2.29. The average molecular weight is 359 g/mol. The van der Waals surface area contributed by atoms with Gasteiger partial charge in [0.1, 0.15) is 11.6 Å². The first-order chi connectivity index (χ1) is 12.3. The average Bonchev–Trinajstić information content (AvgIpc) is 2.93. The van der Waals surface area contributed by atoms with Crippen LogP contribution in [-0.4, -0.2) is 22.8 Å². The number of carbonyl (C=O) groups excluding carboxylic acids is 2. The van der Waals surface area contributed by atoms with Crippen molar-refractivity contribution in [1.82, 2.24) is 5.32 Å². The van der Waals surface area contributed by atoms with Crippen molar-refractivity contribution in [3.8, 4) is 0 Å². The van der Waals surface area contributed by atoms with Crippen LogP contribution in [-0.2, 0) is 11.2 Å². The molecule has 1 heterocycles. The molecule has 2 N–H and O–H groups in total. The largest absolute Gasteiger partial charge is 0.479 e. The van der Waals surface area contributed by atoms with Crippen molar-refractivity contribution in [3.63, 3.8) is 0 Å². The highest BCUT2D eigenvalue weighted by Gasteiger charge is 2.31. The fourth-order valence-electron chi connectivity index (χ4n) is 3.20. The molecule has 1 unspecified atom stereocenters. The van der Waals surface area contributed by atoms with Gasteiger partial charge >= 0.3 is 5.97 Å². The monoisotopic (exact) mass is 359 g/mol. The van der Waals surface area contributed by atoms with Crippen LogP contribution in [0.25, 0.3) is 0 Å². The number of hydrogen-bond acceptors (Lipinski definition) is 4. The van der Waals surface area contributed by atoms with Gasteiger partial charge in [-0.1, -0.05) is 12.1 Å². The van der Waals surface area contributed by atoms with Crippen molar-refractivity contribution >= 4 is 17.7 Å². The number of ketones is 1. The van der Waals surface area contributed by atoms with E-state index >= 15 is 0 Å². The maximum Gasteiger partial charge on any atom is 0.330 e. The Balaban J connectivity index is 1.91. The SMILES string of the molecule is Cc1cc(C(NC(=O)c2oc3c(c2C)C(=O)CCC3)C(=O)O)ccc1F. The smallest absolute Gasteiger partial charge is 0.330 e. The van der Waals surface area contributed by atoms with Crippen molar-refractivity contribution in [3.05, 3.63) is 57.8 Å². The Kier molecular flexibility index (Phi) is 4.63. The summed E-state index contributed by atoms with van der Waals surface area (Å²) < 4.78 is 19.0. The lowest BCUT2D eigenvalue weighted by Crippen LogP contribution is -2.34. The van der Waals surface area contributed by atoms with Crippen molar-refractivity contribution in [2.24, 2.45) is 0 Å². The Labute approximate surface area is 149 Å². The Hall–Kier alpha value is -2.96. The number of carboxylic acids is 1. The molecule has 1 aromatic heterocycles. The summed E-state index contributed by atoms with van der Waals surface area (Å²) in [6.45, 7) is 3.12. The number of hydrogen-bond donors (Lipinski definition) is 2. The number of nitrogens with one attached hydrogen (secondary N) is 1. The molecular weight excluding hydrogens is 341 g/mol. The van der Waals surface area contributed by atoms with Gasteiger partial charge in [-0.3, -0.25) is 9.59 Å². The van der Waals surface area contributed by atoms with Crippen LogP contribution < -0.4 is 5.32 Å². The lowest BCUT2D eigenvalue weighted by molar-refractivity contribution is -0.139. The minimum atomic E-state index is -1.36. The van der Waals surface area contributed by atoms with E-state index in [9.17, 15) is 23.9 Å². The lowest BCUT2D eigenvalue weighted by atomic mass is 9.94. The van der Waals surface area contributed by atoms with E-state index in [0.29, 0.717) is 36.1 Å². The molecule has 1 amide bonds. The summed E-state index contributed by atoms with van der Waals surface area (Å²) in [7, 11) is 0.